The molecule has 9 nitrogen and oxygen atoms in total. The van der Waals surface area contributed by atoms with E-state index < -0.39 is 17.8 Å². The Morgan fingerprint density at radius 1 is 1.10 bits per heavy atom. The summed E-state index contributed by atoms with van der Waals surface area (Å²) >= 11 is 0. The van der Waals surface area contributed by atoms with Crippen molar-refractivity contribution >= 4 is 23.3 Å². The van der Waals surface area contributed by atoms with E-state index in [0.29, 0.717) is 31.0 Å². The fraction of sp³-hybridized carbons (Fsp3) is 0.421. The third kappa shape index (κ3) is 7.66. The van der Waals surface area contributed by atoms with Crippen LogP contribution in [-0.2, 0) is 27.5 Å². The molecule has 12 heteroatoms. The van der Waals surface area contributed by atoms with Crippen LogP contribution in [0.25, 0.3) is 0 Å². The minimum Gasteiger partial charge on any atom is -0.379 e. The van der Waals surface area contributed by atoms with Crippen molar-refractivity contribution in [2.45, 2.75) is 12.6 Å². The Balaban J connectivity index is 1.92. The number of rotatable bonds is 11. The number of carbonyl (C=O) groups excluding carboxylic acids is 2. The molecule has 0 unspecified atom stereocenters. The molecule has 1 heterocycles. The van der Waals surface area contributed by atoms with Gasteiger partial charge in [-0.3, -0.25) is 14.3 Å². The highest BCUT2D eigenvalue weighted by Gasteiger charge is 2.35. The molecule has 0 saturated heterocycles. The summed E-state index contributed by atoms with van der Waals surface area (Å²) in [6, 6.07) is 6.85. The lowest BCUT2D eigenvalue weighted by atomic mass is 10.1. The van der Waals surface area contributed by atoms with E-state index in [1.54, 1.807) is 12.1 Å². The number of anilines is 2. The molecule has 0 bridgehead atoms. The summed E-state index contributed by atoms with van der Waals surface area (Å²) in [7, 11) is 1.12. The largest absolute Gasteiger partial charge is 0.433 e. The number of alkyl halides is 3. The van der Waals surface area contributed by atoms with Crippen molar-refractivity contribution < 1.29 is 32.2 Å². The van der Waals surface area contributed by atoms with Crippen molar-refractivity contribution in [1.82, 2.24) is 9.78 Å². The number of ether oxygens (including phenoxy) is 2. The summed E-state index contributed by atoms with van der Waals surface area (Å²) in [5, 5.41) is 8.56. The molecule has 0 aliphatic rings. The molecule has 31 heavy (non-hydrogen) atoms. The molecule has 1 aromatic heterocycles. The van der Waals surface area contributed by atoms with Crippen LogP contribution >= 0.6 is 0 Å². The zero-order valence-electron chi connectivity index (χ0n) is 16.9. The van der Waals surface area contributed by atoms with Crippen LogP contribution in [0.15, 0.2) is 30.3 Å². The number of aryl methyl sites for hydroxylation is 1. The van der Waals surface area contributed by atoms with E-state index >= 15 is 0 Å². The Morgan fingerprint density at radius 2 is 1.77 bits per heavy atom. The molecular formula is C19H24F3N5O4. The predicted octanol–water partition coefficient (Wildman–Crippen LogP) is 2.01. The fourth-order valence-electron chi connectivity index (χ4n) is 2.55. The van der Waals surface area contributed by atoms with Gasteiger partial charge in [0.1, 0.15) is 5.69 Å². The minimum absolute atomic E-state index is 0.0437. The lowest BCUT2D eigenvalue weighted by molar-refractivity contribution is -0.143. The van der Waals surface area contributed by atoms with Gasteiger partial charge in [-0.15, -0.1) is 0 Å². The predicted molar refractivity (Wildman–Crippen MR) is 107 cm³/mol. The number of benzene rings is 1. The van der Waals surface area contributed by atoms with Gasteiger partial charge in [-0.1, -0.05) is 12.1 Å². The number of para-hydroxylation sites is 1. The van der Waals surface area contributed by atoms with Gasteiger partial charge in [0.15, 0.2) is 5.82 Å². The SMILES string of the molecule is Cn1nc(NC(=O)c2ccccc2NC(=O)CCOCCOCCN)cc1C(F)(F)F. The lowest BCUT2D eigenvalue weighted by Crippen LogP contribution is -2.19. The average Bonchev–Trinajstić information content (AvgIpc) is 3.08. The molecule has 0 aliphatic heterocycles. The van der Waals surface area contributed by atoms with Gasteiger partial charge >= 0.3 is 6.18 Å². The molecular weight excluding hydrogens is 419 g/mol. The topological polar surface area (TPSA) is 121 Å². The van der Waals surface area contributed by atoms with Gasteiger partial charge in [0.05, 0.1) is 44.1 Å². The van der Waals surface area contributed by atoms with Crippen molar-refractivity contribution in [2.24, 2.45) is 12.8 Å². The summed E-state index contributed by atoms with van der Waals surface area (Å²) in [6.07, 6.45) is -4.56. The van der Waals surface area contributed by atoms with Gasteiger partial charge < -0.3 is 25.8 Å². The van der Waals surface area contributed by atoms with Crippen LogP contribution in [-0.4, -0.2) is 54.6 Å². The van der Waals surface area contributed by atoms with Crippen LogP contribution in [0.2, 0.25) is 0 Å². The number of carbonyl (C=O) groups is 2. The average molecular weight is 443 g/mol. The first-order valence-electron chi connectivity index (χ1n) is 9.39. The Kier molecular flexibility index (Phi) is 8.97. The molecule has 0 saturated carbocycles. The summed E-state index contributed by atoms with van der Waals surface area (Å²) < 4.78 is 49.7. The summed E-state index contributed by atoms with van der Waals surface area (Å²) in [4.78, 5) is 24.7. The molecule has 0 aliphatic carbocycles. The van der Waals surface area contributed by atoms with Crippen LogP contribution in [0.5, 0.6) is 0 Å². The Bertz CT molecular complexity index is 886. The van der Waals surface area contributed by atoms with E-state index in [1.165, 1.54) is 12.1 Å². The third-order valence-electron chi connectivity index (χ3n) is 3.97. The standard InChI is InChI=1S/C19H24F3N5O4/c1-27-15(19(20,21)22)12-16(26-27)25-18(29)13-4-2-3-5-14(13)24-17(28)6-8-30-10-11-31-9-7-23/h2-5,12H,6-11,23H2,1H3,(H,24,28)(H,25,26,29). The molecule has 2 rings (SSSR count). The van der Waals surface area contributed by atoms with E-state index in [2.05, 4.69) is 15.7 Å². The van der Waals surface area contributed by atoms with Crippen LogP contribution in [0, 0.1) is 0 Å². The molecule has 2 amide bonds. The Hall–Kier alpha value is -2.96. The molecule has 0 spiro atoms. The van der Waals surface area contributed by atoms with E-state index in [4.69, 9.17) is 15.2 Å². The highest BCUT2D eigenvalue weighted by atomic mass is 19.4. The quantitative estimate of drug-likeness (QED) is 0.457. The van der Waals surface area contributed by atoms with Gasteiger partial charge in [-0.25, -0.2) is 0 Å². The Labute approximate surface area is 176 Å². The van der Waals surface area contributed by atoms with E-state index in [0.717, 1.165) is 13.1 Å². The van der Waals surface area contributed by atoms with Gasteiger partial charge in [0, 0.05) is 19.7 Å². The van der Waals surface area contributed by atoms with E-state index in [9.17, 15) is 22.8 Å². The molecule has 0 fully saturated rings. The number of halogens is 3. The van der Waals surface area contributed by atoms with Gasteiger partial charge in [-0.2, -0.15) is 18.3 Å². The maximum atomic E-state index is 12.9. The van der Waals surface area contributed by atoms with Crippen molar-refractivity contribution in [2.75, 3.05) is 43.6 Å². The normalized spacial score (nSPS) is 11.4. The zero-order valence-corrected chi connectivity index (χ0v) is 16.9. The highest BCUT2D eigenvalue weighted by molar-refractivity contribution is 6.09. The number of amides is 2. The third-order valence-corrected chi connectivity index (χ3v) is 3.97. The van der Waals surface area contributed by atoms with Gasteiger partial charge in [-0.05, 0) is 12.1 Å². The monoisotopic (exact) mass is 443 g/mol. The van der Waals surface area contributed by atoms with Crippen LogP contribution < -0.4 is 16.4 Å². The number of aromatic nitrogens is 2. The molecule has 0 atom stereocenters. The van der Waals surface area contributed by atoms with Gasteiger partial charge in [0.25, 0.3) is 5.91 Å². The Morgan fingerprint density at radius 3 is 2.42 bits per heavy atom. The second-order valence-corrected chi connectivity index (χ2v) is 6.35. The number of nitrogens with two attached hydrogens (primary N) is 1. The molecule has 170 valence electrons. The number of hydrogen-bond donors (Lipinski definition) is 3. The van der Waals surface area contributed by atoms with Crippen LogP contribution in [0.1, 0.15) is 22.5 Å². The first-order chi connectivity index (χ1) is 14.7. The van der Waals surface area contributed by atoms with E-state index in [1.807, 2.05) is 0 Å². The lowest BCUT2D eigenvalue weighted by Gasteiger charge is -2.11. The maximum Gasteiger partial charge on any atom is 0.433 e. The molecule has 2 aromatic rings. The van der Waals surface area contributed by atoms with Crippen LogP contribution in [0.3, 0.4) is 0 Å². The molecule has 4 N–H and O–H groups in total. The summed E-state index contributed by atoms with van der Waals surface area (Å²) in [6.45, 7) is 1.68. The summed E-state index contributed by atoms with van der Waals surface area (Å²) in [5.41, 5.74) is 4.57. The van der Waals surface area contributed by atoms with Crippen molar-refractivity contribution in [3.63, 3.8) is 0 Å². The van der Waals surface area contributed by atoms with Crippen molar-refractivity contribution in [3.05, 3.63) is 41.6 Å². The zero-order chi connectivity index (χ0) is 22.9. The maximum absolute atomic E-state index is 12.9. The first-order valence-corrected chi connectivity index (χ1v) is 9.39. The van der Waals surface area contributed by atoms with Gasteiger partial charge in [0.2, 0.25) is 5.91 Å². The number of nitrogens with zero attached hydrogens (tertiary/aromatic N) is 2. The smallest absolute Gasteiger partial charge is 0.379 e. The molecule has 0 radical (unpaired) electrons. The minimum atomic E-state index is -4.60. The van der Waals surface area contributed by atoms with Crippen molar-refractivity contribution in [1.29, 1.82) is 0 Å². The number of hydrogen-bond acceptors (Lipinski definition) is 6. The fourth-order valence-corrected chi connectivity index (χ4v) is 2.55. The second-order valence-electron chi connectivity index (χ2n) is 6.35. The van der Waals surface area contributed by atoms with Crippen molar-refractivity contribution in [3.8, 4) is 0 Å². The summed E-state index contributed by atoms with van der Waals surface area (Å²) in [5.74, 6) is -1.36. The van der Waals surface area contributed by atoms with E-state index in [-0.39, 0.29) is 36.0 Å². The molecule has 1 aromatic carbocycles. The van der Waals surface area contributed by atoms with Crippen LogP contribution in [0.4, 0.5) is 24.7 Å². The first kappa shape index (κ1) is 24.3. The second kappa shape index (κ2) is 11.4. The highest BCUT2D eigenvalue weighted by Crippen LogP contribution is 2.30. The number of nitrogens with one attached hydrogen (secondary N) is 2.